The average Bonchev–Trinajstić information content (AvgIpc) is 2.88. The van der Waals surface area contributed by atoms with Gasteiger partial charge in [-0.1, -0.05) is 0 Å². The van der Waals surface area contributed by atoms with Crippen molar-refractivity contribution in [3.8, 4) is 23.0 Å². The Morgan fingerprint density at radius 3 is 1.17 bits per heavy atom. The number of hydrogen-bond acceptors (Lipinski definition) is 9. The summed E-state index contributed by atoms with van der Waals surface area (Å²) >= 11 is 16.4. The smallest absolute Gasteiger partial charge is 0.127 e. The van der Waals surface area contributed by atoms with Crippen LogP contribution >= 0.6 is 72.3 Å². The van der Waals surface area contributed by atoms with Crippen LogP contribution in [0.2, 0.25) is 0 Å². The van der Waals surface area contributed by atoms with Crippen molar-refractivity contribution in [1.82, 2.24) is 0 Å². The molecule has 0 heterocycles. The van der Waals surface area contributed by atoms with E-state index in [1.54, 1.807) is 0 Å². The van der Waals surface area contributed by atoms with Crippen LogP contribution in [0.5, 0.6) is 23.0 Å². The molecule has 2 rings (SSSR count). The molecule has 0 amide bonds. The molecule has 0 saturated carbocycles. The van der Waals surface area contributed by atoms with Gasteiger partial charge in [-0.2, -0.15) is 72.3 Å². The second kappa shape index (κ2) is 22.0. The molecular weight excluding hydrogens is 553 g/mol. The molecule has 2 aromatic rings. The Morgan fingerprint density at radius 2 is 0.800 bits per heavy atom. The van der Waals surface area contributed by atoms with Crippen molar-refractivity contribution in [2.24, 2.45) is 0 Å². The summed E-state index contributed by atoms with van der Waals surface area (Å²) in [6, 6.07) is 15.6. The fourth-order valence-electron chi connectivity index (χ4n) is 2.82. The summed E-state index contributed by atoms with van der Waals surface area (Å²) in [5.41, 5.74) is 0. The van der Waals surface area contributed by atoms with Gasteiger partial charge in [-0.25, -0.2) is 0 Å². The van der Waals surface area contributed by atoms with Crippen LogP contribution in [-0.2, 0) is 0 Å². The minimum absolute atomic E-state index is 0.743. The van der Waals surface area contributed by atoms with E-state index in [0.717, 1.165) is 83.6 Å². The van der Waals surface area contributed by atoms with Crippen molar-refractivity contribution >= 4 is 72.3 Å². The lowest BCUT2D eigenvalue weighted by atomic mass is 10.3. The standard InChI is InChI=1S/C26H38O3S6/c30-13-17-34-21-19-32-15-1-11-27-23-3-7-25(8-4-23)29-26-9-5-24(6-10-26)28-12-2-16-33-20-22-35-18-14-31/h3-10,30-31H,1-2,11-22H2. The van der Waals surface area contributed by atoms with Gasteiger partial charge in [-0.3, -0.25) is 0 Å². The highest BCUT2D eigenvalue weighted by molar-refractivity contribution is 8.03. The molecule has 196 valence electrons. The Hall–Kier alpha value is -0.0600. The molecule has 0 unspecified atom stereocenters. The minimum atomic E-state index is 0.743. The third-order valence-electron chi connectivity index (χ3n) is 4.50. The van der Waals surface area contributed by atoms with Crippen LogP contribution < -0.4 is 14.2 Å². The maximum atomic E-state index is 5.95. The van der Waals surface area contributed by atoms with E-state index in [9.17, 15) is 0 Å². The Morgan fingerprint density at radius 1 is 0.457 bits per heavy atom. The van der Waals surface area contributed by atoms with Crippen LogP contribution in [0.1, 0.15) is 12.8 Å². The van der Waals surface area contributed by atoms with Crippen LogP contribution in [0, 0.1) is 0 Å². The Kier molecular flexibility index (Phi) is 19.6. The first-order valence-corrected chi connectivity index (χ1v) is 17.9. The van der Waals surface area contributed by atoms with Crippen molar-refractivity contribution in [2.75, 3.05) is 70.7 Å². The summed E-state index contributed by atoms with van der Waals surface area (Å²) in [6.07, 6.45) is 2.12. The van der Waals surface area contributed by atoms with Gasteiger partial charge in [-0.15, -0.1) is 0 Å². The van der Waals surface area contributed by atoms with E-state index in [0.29, 0.717) is 0 Å². The van der Waals surface area contributed by atoms with Gasteiger partial charge < -0.3 is 14.2 Å². The molecule has 0 aliphatic carbocycles. The highest BCUT2D eigenvalue weighted by Crippen LogP contribution is 2.26. The summed E-state index contributed by atoms with van der Waals surface area (Å²) in [5, 5.41) is 0. The first kappa shape index (κ1) is 31.2. The summed E-state index contributed by atoms with van der Waals surface area (Å²) < 4.78 is 17.7. The molecule has 35 heavy (non-hydrogen) atoms. The third-order valence-corrected chi connectivity index (χ3v) is 10.2. The zero-order valence-electron chi connectivity index (χ0n) is 20.3. The van der Waals surface area contributed by atoms with Crippen LogP contribution in [0.4, 0.5) is 0 Å². The van der Waals surface area contributed by atoms with Crippen molar-refractivity contribution in [3.63, 3.8) is 0 Å². The minimum Gasteiger partial charge on any atom is -0.494 e. The number of rotatable bonds is 22. The van der Waals surface area contributed by atoms with Crippen LogP contribution in [0.3, 0.4) is 0 Å². The Bertz CT molecular complexity index is 682. The van der Waals surface area contributed by atoms with Crippen LogP contribution in [-0.4, -0.2) is 70.7 Å². The first-order chi connectivity index (χ1) is 17.3. The molecule has 0 bridgehead atoms. The van der Waals surface area contributed by atoms with Gasteiger partial charge in [0, 0.05) is 34.5 Å². The number of hydrogen-bond donors (Lipinski definition) is 2. The predicted octanol–water partition coefficient (Wildman–Crippen LogP) is 7.81. The Labute approximate surface area is 240 Å². The van der Waals surface area contributed by atoms with E-state index >= 15 is 0 Å². The van der Waals surface area contributed by atoms with E-state index in [1.165, 1.54) is 23.0 Å². The zero-order valence-corrected chi connectivity index (χ0v) is 25.3. The quantitative estimate of drug-likeness (QED) is 0.107. The zero-order chi connectivity index (χ0) is 24.8. The highest BCUT2D eigenvalue weighted by Gasteiger charge is 2.01. The molecule has 0 spiro atoms. The maximum absolute atomic E-state index is 5.95. The van der Waals surface area contributed by atoms with Crippen molar-refractivity contribution in [1.29, 1.82) is 0 Å². The fourth-order valence-corrected chi connectivity index (χ4v) is 7.20. The topological polar surface area (TPSA) is 27.7 Å². The molecule has 0 N–H and O–H groups in total. The average molecular weight is 591 g/mol. The summed E-state index contributed by atoms with van der Waals surface area (Å²) in [5.74, 6) is 14.7. The van der Waals surface area contributed by atoms with Gasteiger partial charge in [-0.05, 0) is 84.4 Å². The summed E-state index contributed by atoms with van der Waals surface area (Å²) in [4.78, 5) is 0. The van der Waals surface area contributed by atoms with Gasteiger partial charge in [0.2, 0.25) is 0 Å². The number of benzene rings is 2. The van der Waals surface area contributed by atoms with E-state index in [-0.39, 0.29) is 0 Å². The lowest BCUT2D eigenvalue weighted by Crippen LogP contribution is -2.00. The van der Waals surface area contributed by atoms with Crippen molar-refractivity contribution in [2.45, 2.75) is 12.8 Å². The van der Waals surface area contributed by atoms with E-state index in [1.807, 2.05) is 95.6 Å². The third kappa shape index (κ3) is 16.4. The largest absolute Gasteiger partial charge is 0.494 e. The van der Waals surface area contributed by atoms with Gasteiger partial charge >= 0.3 is 0 Å². The molecule has 0 radical (unpaired) electrons. The molecule has 0 atom stereocenters. The number of thiol groups is 2. The number of ether oxygens (including phenoxy) is 3. The number of thioether (sulfide) groups is 4. The molecule has 9 heteroatoms. The normalized spacial score (nSPS) is 10.9. The highest BCUT2D eigenvalue weighted by atomic mass is 32.2. The van der Waals surface area contributed by atoms with E-state index in [2.05, 4.69) is 25.3 Å². The SMILES string of the molecule is SCCSCCSCCCOc1ccc(Oc2ccc(OCCCSCCSCCS)cc2)cc1. The van der Waals surface area contributed by atoms with Gasteiger partial charge in [0.05, 0.1) is 13.2 Å². The lowest BCUT2D eigenvalue weighted by molar-refractivity contribution is 0.318. The van der Waals surface area contributed by atoms with Crippen LogP contribution in [0.25, 0.3) is 0 Å². The molecular formula is C26H38O3S6. The van der Waals surface area contributed by atoms with E-state index in [4.69, 9.17) is 14.2 Å². The van der Waals surface area contributed by atoms with Crippen molar-refractivity contribution < 1.29 is 14.2 Å². The molecule has 2 aromatic carbocycles. The molecule has 0 fully saturated rings. The second-order valence-corrected chi connectivity index (χ2v) is 13.1. The molecule has 0 aliphatic heterocycles. The van der Waals surface area contributed by atoms with Gasteiger partial charge in [0.15, 0.2) is 0 Å². The predicted molar refractivity (Wildman–Crippen MR) is 170 cm³/mol. The second-order valence-electron chi connectivity index (χ2n) is 7.35. The monoisotopic (exact) mass is 590 g/mol. The lowest BCUT2D eigenvalue weighted by Gasteiger charge is -2.10. The molecule has 0 aromatic heterocycles. The maximum Gasteiger partial charge on any atom is 0.127 e. The fraction of sp³-hybridized carbons (Fsp3) is 0.538. The summed E-state index contributed by atoms with van der Waals surface area (Å²) in [6.45, 7) is 1.49. The van der Waals surface area contributed by atoms with Crippen LogP contribution in [0.15, 0.2) is 48.5 Å². The molecule has 0 aliphatic rings. The summed E-state index contributed by atoms with van der Waals surface area (Å²) in [7, 11) is 0. The van der Waals surface area contributed by atoms with Gasteiger partial charge in [0.1, 0.15) is 23.0 Å². The van der Waals surface area contributed by atoms with Gasteiger partial charge in [0.25, 0.3) is 0 Å². The van der Waals surface area contributed by atoms with E-state index < -0.39 is 0 Å². The Balaban J connectivity index is 1.54. The molecule has 0 saturated heterocycles. The van der Waals surface area contributed by atoms with Crippen molar-refractivity contribution in [3.05, 3.63) is 48.5 Å². The first-order valence-electron chi connectivity index (χ1n) is 12.0. The molecule has 3 nitrogen and oxygen atoms in total.